The van der Waals surface area contributed by atoms with E-state index in [1.54, 1.807) is 0 Å². The van der Waals surface area contributed by atoms with Crippen molar-refractivity contribution < 1.29 is 4.79 Å². The van der Waals surface area contributed by atoms with Crippen molar-refractivity contribution in [3.05, 3.63) is 35.4 Å². The van der Waals surface area contributed by atoms with E-state index in [1.807, 2.05) is 0 Å². The summed E-state index contributed by atoms with van der Waals surface area (Å²) >= 11 is 0. The van der Waals surface area contributed by atoms with E-state index < -0.39 is 0 Å². The molecule has 1 N–H and O–H groups in total. The molecule has 92 valence electrons. The predicted octanol–water partition coefficient (Wildman–Crippen LogP) is 2.94. The highest BCUT2D eigenvalue weighted by Gasteiger charge is 2.45. The van der Waals surface area contributed by atoms with Crippen molar-refractivity contribution in [2.45, 2.75) is 51.5 Å². The molecule has 1 aliphatic heterocycles. The summed E-state index contributed by atoms with van der Waals surface area (Å²) in [6, 6.07) is 8.93. The second kappa shape index (κ2) is 4.52. The molecule has 17 heavy (non-hydrogen) atoms. The van der Waals surface area contributed by atoms with Crippen LogP contribution in [-0.4, -0.2) is 11.9 Å². The molecule has 0 aliphatic carbocycles. The topological polar surface area (TPSA) is 29.1 Å². The van der Waals surface area contributed by atoms with Crippen LogP contribution in [0.5, 0.6) is 0 Å². The Labute approximate surface area is 103 Å². The van der Waals surface area contributed by atoms with Gasteiger partial charge < -0.3 is 5.32 Å². The Bertz CT molecular complexity index is 409. The Balaban J connectivity index is 2.42. The normalized spacial score (nSPS) is 28.2. The molecule has 1 aromatic rings. The fraction of sp³-hybridized carbons (Fsp3) is 0.533. The van der Waals surface area contributed by atoms with E-state index in [2.05, 4.69) is 50.4 Å². The van der Waals surface area contributed by atoms with Crippen molar-refractivity contribution in [3.8, 4) is 0 Å². The molecular weight excluding hydrogens is 210 g/mol. The van der Waals surface area contributed by atoms with Crippen molar-refractivity contribution in [2.24, 2.45) is 0 Å². The van der Waals surface area contributed by atoms with Gasteiger partial charge in [0.2, 0.25) is 5.91 Å². The zero-order valence-electron chi connectivity index (χ0n) is 10.9. The molecule has 2 rings (SSSR count). The van der Waals surface area contributed by atoms with Crippen LogP contribution < -0.4 is 5.32 Å². The summed E-state index contributed by atoms with van der Waals surface area (Å²) in [6.07, 6.45) is 2.63. The quantitative estimate of drug-likeness (QED) is 0.851. The van der Waals surface area contributed by atoms with Crippen molar-refractivity contribution in [2.75, 3.05) is 0 Å². The number of hydrogen-bond acceptors (Lipinski definition) is 1. The van der Waals surface area contributed by atoms with Crippen molar-refractivity contribution in [3.63, 3.8) is 0 Å². The van der Waals surface area contributed by atoms with Crippen LogP contribution in [0.4, 0.5) is 0 Å². The molecule has 1 amide bonds. The Kier molecular flexibility index (Phi) is 3.23. The van der Waals surface area contributed by atoms with Crippen LogP contribution in [0.1, 0.15) is 44.2 Å². The third-order valence-electron chi connectivity index (χ3n) is 4.14. The Hall–Kier alpha value is -1.31. The molecule has 1 heterocycles. The SMILES string of the molecule is CCC1NC(=O)CC1(CC)c1ccc(C)cc1. The fourth-order valence-corrected chi connectivity index (χ4v) is 3.05. The second-order valence-corrected chi connectivity index (χ2v) is 5.08. The summed E-state index contributed by atoms with van der Waals surface area (Å²) in [6.45, 7) is 6.43. The number of carbonyl (C=O) groups excluding carboxylic acids is 1. The lowest BCUT2D eigenvalue weighted by Crippen LogP contribution is -2.39. The van der Waals surface area contributed by atoms with Gasteiger partial charge >= 0.3 is 0 Å². The molecule has 0 bridgehead atoms. The summed E-state index contributed by atoms with van der Waals surface area (Å²) in [5.74, 6) is 0.194. The predicted molar refractivity (Wildman–Crippen MR) is 70.0 cm³/mol. The Morgan fingerprint density at radius 3 is 2.47 bits per heavy atom. The van der Waals surface area contributed by atoms with E-state index in [0.29, 0.717) is 6.42 Å². The maximum absolute atomic E-state index is 11.7. The van der Waals surface area contributed by atoms with Crippen LogP contribution in [0.3, 0.4) is 0 Å². The van der Waals surface area contributed by atoms with Gasteiger partial charge in [-0.1, -0.05) is 43.7 Å². The first-order valence-electron chi connectivity index (χ1n) is 6.49. The highest BCUT2D eigenvalue weighted by Crippen LogP contribution is 2.40. The molecule has 1 fully saturated rings. The van der Waals surface area contributed by atoms with Crippen molar-refractivity contribution in [1.29, 1.82) is 0 Å². The molecule has 2 heteroatoms. The third-order valence-corrected chi connectivity index (χ3v) is 4.14. The molecule has 0 spiro atoms. The number of nitrogens with one attached hydrogen (secondary N) is 1. The van der Waals surface area contributed by atoms with Crippen molar-refractivity contribution in [1.82, 2.24) is 5.32 Å². The average molecular weight is 231 g/mol. The van der Waals surface area contributed by atoms with Gasteiger partial charge in [-0.2, -0.15) is 0 Å². The minimum atomic E-state index is -0.000463. The van der Waals surface area contributed by atoms with E-state index in [1.165, 1.54) is 11.1 Å². The van der Waals surface area contributed by atoms with Crippen LogP contribution >= 0.6 is 0 Å². The Morgan fingerprint density at radius 2 is 1.94 bits per heavy atom. The number of aryl methyl sites for hydroxylation is 1. The maximum Gasteiger partial charge on any atom is 0.221 e. The van der Waals surface area contributed by atoms with E-state index >= 15 is 0 Å². The molecule has 0 saturated carbocycles. The molecule has 2 nitrogen and oxygen atoms in total. The number of carbonyl (C=O) groups is 1. The summed E-state index contributed by atoms with van der Waals surface area (Å²) in [4.78, 5) is 11.7. The summed E-state index contributed by atoms with van der Waals surface area (Å²) in [7, 11) is 0. The highest BCUT2D eigenvalue weighted by molar-refractivity contribution is 5.81. The first-order chi connectivity index (χ1) is 8.12. The lowest BCUT2D eigenvalue weighted by atomic mass is 9.71. The minimum absolute atomic E-state index is 0.000463. The van der Waals surface area contributed by atoms with Gasteiger partial charge in [-0.15, -0.1) is 0 Å². The molecular formula is C15H21NO. The molecule has 0 radical (unpaired) electrons. The van der Waals surface area contributed by atoms with Gasteiger partial charge in [-0.05, 0) is 25.3 Å². The van der Waals surface area contributed by atoms with Gasteiger partial charge in [-0.3, -0.25) is 4.79 Å². The number of rotatable bonds is 3. The van der Waals surface area contributed by atoms with E-state index in [0.717, 1.165) is 12.8 Å². The number of benzene rings is 1. The number of amides is 1. The van der Waals surface area contributed by atoms with Gasteiger partial charge in [0, 0.05) is 17.9 Å². The standard InChI is InChI=1S/C15H21NO/c1-4-13-15(5-2,10-14(17)16-13)12-8-6-11(3)7-9-12/h6-9,13H,4-5,10H2,1-3H3,(H,16,17). The van der Waals surface area contributed by atoms with Gasteiger partial charge in [0.1, 0.15) is 0 Å². The monoisotopic (exact) mass is 231 g/mol. The highest BCUT2D eigenvalue weighted by atomic mass is 16.2. The first kappa shape index (κ1) is 12.2. The van der Waals surface area contributed by atoms with Gasteiger partial charge in [0.05, 0.1) is 0 Å². The van der Waals surface area contributed by atoms with Gasteiger partial charge in [0.15, 0.2) is 0 Å². The largest absolute Gasteiger partial charge is 0.352 e. The Morgan fingerprint density at radius 1 is 1.29 bits per heavy atom. The van der Waals surface area contributed by atoms with E-state index in [9.17, 15) is 4.79 Å². The van der Waals surface area contributed by atoms with Crippen LogP contribution in [0.2, 0.25) is 0 Å². The first-order valence-corrected chi connectivity index (χ1v) is 6.49. The van der Waals surface area contributed by atoms with Gasteiger partial charge in [0.25, 0.3) is 0 Å². The molecule has 2 atom stereocenters. The number of hydrogen-bond donors (Lipinski definition) is 1. The summed E-state index contributed by atoms with van der Waals surface area (Å²) < 4.78 is 0. The van der Waals surface area contributed by atoms with Crippen LogP contribution in [0, 0.1) is 6.92 Å². The zero-order valence-corrected chi connectivity index (χ0v) is 10.9. The molecule has 1 aliphatic rings. The van der Waals surface area contributed by atoms with Crippen LogP contribution in [0.15, 0.2) is 24.3 Å². The maximum atomic E-state index is 11.7. The van der Waals surface area contributed by atoms with Crippen LogP contribution in [0.25, 0.3) is 0 Å². The summed E-state index contributed by atoms with van der Waals surface area (Å²) in [5.41, 5.74) is 2.57. The second-order valence-electron chi connectivity index (χ2n) is 5.08. The minimum Gasteiger partial charge on any atom is -0.352 e. The van der Waals surface area contributed by atoms with Crippen LogP contribution in [-0.2, 0) is 10.2 Å². The van der Waals surface area contributed by atoms with E-state index in [-0.39, 0.29) is 17.4 Å². The van der Waals surface area contributed by atoms with Gasteiger partial charge in [-0.25, -0.2) is 0 Å². The fourth-order valence-electron chi connectivity index (χ4n) is 3.05. The van der Waals surface area contributed by atoms with E-state index in [4.69, 9.17) is 0 Å². The third kappa shape index (κ3) is 1.97. The average Bonchev–Trinajstić information content (AvgIpc) is 2.67. The lowest BCUT2D eigenvalue weighted by Gasteiger charge is -2.33. The molecule has 2 unspecified atom stereocenters. The van der Waals surface area contributed by atoms with Crippen molar-refractivity contribution >= 4 is 5.91 Å². The molecule has 1 aromatic carbocycles. The summed E-state index contributed by atoms with van der Waals surface area (Å²) in [5, 5.41) is 3.12. The zero-order chi connectivity index (χ0) is 12.5. The molecule has 0 aromatic heterocycles. The molecule has 1 saturated heterocycles. The smallest absolute Gasteiger partial charge is 0.221 e. The lowest BCUT2D eigenvalue weighted by molar-refractivity contribution is -0.119.